The summed E-state index contributed by atoms with van der Waals surface area (Å²) in [5.41, 5.74) is 0.462. The van der Waals surface area contributed by atoms with E-state index in [-0.39, 0.29) is 21.2 Å². The number of sulfonamides is 1. The number of carbonyl (C=O) groups is 1. The van der Waals surface area contributed by atoms with Gasteiger partial charge < -0.3 is 9.84 Å². The summed E-state index contributed by atoms with van der Waals surface area (Å²) in [5, 5.41) is 8.97. The fraction of sp³-hybridized carbons (Fsp3) is 0.583. The van der Waals surface area contributed by atoms with Gasteiger partial charge in [-0.15, -0.1) is 11.3 Å². The van der Waals surface area contributed by atoms with E-state index in [2.05, 4.69) is 4.72 Å². The zero-order chi connectivity index (χ0) is 14.9. The van der Waals surface area contributed by atoms with Crippen molar-refractivity contribution in [2.45, 2.75) is 42.5 Å². The van der Waals surface area contributed by atoms with Gasteiger partial charge in [-0.1, -0.05) is 0 Å². The second-order valence-electron chi connectivity index (χ2n) is 4.87. The van der Waals surface area contributed by atoms with Crippen LogP contribution in [0.15, 0.2) is 10.3 Å². The number of hydrogen-bond acceptors (Lipinski definition) is 5. The summed E-state index contributed by atoms with van der Waals surface area (Å²) in [7, 11) is -2.05. The Bertz CT molecular complexity index is 607. The third kappa shape index (κ3) is 3.20. The van der Waals surface area contributed by atoms with Crippen molar-refractivity contribution in [3.8, 4) is 0 Å². The molecule has 0 spiro atoms. The number of methoxy groups -OCH3 is 1. The minimum absolute atomic E-state index is 0.0493. The molecule has 1 fully saturated rings. The van der Waals surface area contributed by atoms with Gasteiger partial charge in [0.05, 0.1) is 6.10 Å². The lowest BCUT2D eigenvalue weighted by molar-refractivity contribution is 0.0701. The summed E-state index contributed by atoms with van der Waals surface area (Å²) in [5.74, 6) is -1.10. The molecule has 8 heteroatoms. The molecule has 0 amide bonds. The molecule has 0 bridgehead atoms. The Morgan fingerprint density at radius 1 is 1.50 bits per heavy atom. The van der Waals surface area contributed by atoms with Crippen LogP contribution in [-0.2, 0) is 14.8 Å². The zero-order valence-electron chi connectivity index (χ0n) is 11.3. The second-order valence-corrected chi connectivity index (χ2v) is 7.86. The topological polar surface area (TPSA) is 92.7 Å². The molecule has 2 atom stereocenters. The fourth-order valence-corrected chi connectivity index (χ4v) is 5.01. The molecular formula is C12H17NO5S2. The predicted octanol–water partition coefficient (Wildman–Crippen LogP) is 1.60. The quantitative estimate of drug-likeness (QED) is 0.860. The highest BCUT2D eigenvalue weighted by molar-refractivity contribution is 7.91. The van der Waals surface area contributed by atoms with Crippen LogP contribution < -0.4 is 4.72 Å². The molecule has 1 aromatic rings. The van der Waals surface area contributed by atoms with Gasteiger partial charge in [0.25, 0.3) is 0 Å². The Balaban J connectivity index is 2.15. The van der Waals surface area contributed by atoms with Crippen LogP contribution in [0.3, 0.4) is 0 Å². The number of nitrogens with one attached hydrogen (secondary N) is 1. The molecule has 2 rings (SSSR count). The molecule has 1 aliphatic carbocycles. The molecule has 1 saturated carbocycles. The average molecular weight is 319 g/mol. The Hall–Kier alpha value is -0.960. The second kappa shape index (κ2) is 5.80. The van der Waals surface area contributed by atoms with Crippen molar-refractivity contribution in [1.29, 1.82) is 0 Å². The van der Waals surface area contributed by atoms with Crippen molar-refractivity contribution in [2.24, 2.45) is 0 Å². The number of thiophene rings is 1. The van der Waals surface area contributed by atoms with E-state index in [1.807, 2.05) is 0 Å². The average Bonchev–Trinajstić information content (AvgIpc) is 2.95. The van der Waals surface area contributed by atoms with Gasteiger partial charge >= 0.3 is 5.97 Å². The predicted molar refractivity (Wildman–Crippen MR) is 74.8 cm³/mol. The number of carboxylic acids is 1. The van der Waals surface area contributed by atoms with Crippen LogP contribution in [0.1, 0.15) is 34.5 Å². The number of aryl methyl sites for hydroxylation is 1. The number of aromatic carboxylic acids is 1. The number of ether oxygens (including phenoxy) is 1. The van der Waals surface area contributed by atoms with Gasteiger partial charge in [-0.2, -0.15) is 0 Å². The van der Waals surface area contributed by atoms with Crippen molar-refractivity contribution in [2.75, 3.05) is 7.11 Å². The lowest BCUT2D eigenvalue weighted by Crippen LogP contribution is -2.33. The molecule has 0 saturated heterocycles. The van der Waals surface area contributed by atoms with Crippen LogP contribution in [0.25, 0.3) is 0 Å². The maximum absolute atomic E-state index is 12.2. The monoisotopic (exact) mass is 319 g/mol. The maximum atomic E-state index is 12.2. The van der Waals surface area contributed by atoms with Crippen LogP contribution in [0.2, 0.25) is 0 Å². The number of carboxylic acid groups (broad SMARTS) is 1. The van der Waals surface area contributed by atoms with E-state index in [0.29, 0.717) is 12.0 Å². The van der Waals surface area contributed by atoms with Gasteiger partial charge in [0, 0.05) is 13.2 Å². The summed E-state index contributed by atoms with van der Waals surface area (Å²) in [6, 6.07) is 1.25. The Kier molecular flexibility index (Phi) is 4.48. The third-order valence-corrected chi connectivity index (χ3v) is 6.61. The summed E-state index contributed by atoms with van der Waals surface area (Å²) in [6.45, 7) is 1.59. The molecular weight excluding hydrogens is 302 g/mol. The molecule has 2 unspecified atom stereocenters. The van der Waals surface area contributed by atoms with Gasteiger partial charge in [-0.05, 0) is 37.8 Å². The van der Waals surface area contributed by atoms with Gasteiger partial charge in [0.2, 0.25) is 10.0 Å². The normalized spacial score (nSPS) is 23.1. The lowest BCUT2D eigenvalue weighted by Gasteiger charge is -2.12. The molecule has 0 aliphatic heterocycles. The van der Waals surface area contributed by atoms with E-state index in [1.54, 1.807) is 14.0 Å². The summed E-state index contributed by atoms with van der Waals surface area (Å²) in [6.07, 6.45) is 2.29. The summed E-state index contributed by atoms with van der Waals surface area (Å²) >= 11 is 0.783. The van der Waals surface area contributed by atoms with Crippen molar-refractivity contribution < 1.29 is 23.1 Å². The summed E-state index contributed by atoms with van der Waals surface area (Å²) in [4.78, 5) is 11.0. The lowest BCUT2D eigenvalue weighted by atomic mass is 10.3. The van der Waals surface area contributed by atoms with Crippen LogP contribution in [0.4, 0.5) is 0 Å². The Labute approximate surface area is 121 Å². The van der Waals surface area contributed by atoms with Gasteiger partial charge in [0.15, 0.2) is 0 Å². The smallest absolute Gasteiger partial charge is 0.346 e. The van der Waals surface area contributed by atoms with Crippen LogP contribution in [0.5, 0.6) is 0 Å². The highest BCUT2D eigenvalue weighted by atomic mass is 32.2. The number of rotatable bonds is 5. The van der Waals surface area contributed by atoms with E-state index in [0.717, 1.165) is 24.2 Å². The van der Waals surface area contributed by atoms with Crippen LogP contribution in [-0.4, -0.2) is 38.7 Å². The maximum Gasteiger partial charge on any atom is 0.346 e. The van der Waals surface area contributed by atoms with Gasteiger partial charge in [-0.3, -0.25) is 0 Å². The largest absolute Gasteiger partial charge is 0.477 e. The van der Waals surface area contributed by atoms with Crippen molar-refractivity contribution in [3.05, 3.63) is 16.5 Å². The third-order valence-electron chi connectivity index (χ3n) is 3.39. The standard InChI is InChI=1S/C12H17NO5S2/c1-7-5-10(19-11(7)12(14)15)20(16,17)13-8-3-4-9(6-8)18-2/h5,8-9,13H,3-4,6H2,1-2H3,(H,14,15). The first kappa shape index (κ1) is 15.4. The minimum atomic E-state index is -3.66. The molecule has 1 aromatic heterocycles. The Morgan fingerprint density at radius 3 is 2.70 bits per heavy atom. The van der Waals surface area contributed by atoms with E-state index in [4.69, 9.17) is 9.84 Å². The van der Waals surface area contributed by atoms with E-state index in [9.17, 15) is 13.2 Å². The molecule has 20 heavy (non-hydrogen) atoms. The van der Waals surface area contributed by atoms with E-state index >= 15 is 0 Å². The molecule has 2 N–H and O–H groups in total. The highest BCUT2D eigenvalue weighted by Gasteiger charge is 2.30. The first-order valence-electron chi connectivity index (χ1n) is 6.22. The molecule has 1 aliphatic rings. The molecule has 112 valence electrons. The minimum Gasteiger partial charge on any atom is -0.477 e. The van der Waals surface area contributed by atoms with Crippen LogP contribution >= 0.6 is 11.3 Å². The first-order valence-corrected chi connectivity index (χ1v) is 8.52. The molecule has 0 radical (unpaired) electrons. The first-order chi connectivity index (χ1) is 9.33. The van der Waals surface area contributed by atoms with Crippen molar-refractivity contribution >= 4 is 27.3 Å². The molecule has 1 heterocycles. The Morgan fingerprint density at radius 2 is 2.20 bits per heavy atom. The molecule has 6 nitrogen and oxygen atoms in total. The fourth-order valence-electron chi connectivity index (χ4n) is 2.34. The van der Waals surface area contributed by atoms with Crippen molar-refractivity contribution in [1.82, 2.24) is 4.72 Å². The highest BCUT2D eigenvalue weighted by Crippen LogP contribution is 2.28. The van der Waals surface area contributed by atoms with Crippen molar-refractivity contribution in [3.63, 3.8) is 0 Å². The number of hydrogen-bond donors (Lipinski definition) is 2. The van der Waals surface area contributed by atoms with Crippen LogP contribution in [0, 0.1) is 6.92 Å². The van der Waals surface area contributed by atoms with E-state index in [1.165, 1.54) is 6.07 Å². The summed E-state index contributed by atoms with van der Waals surface area (Å²) < 4.78 is 32.4. The zero-order valence-corrected chi connectivity index (χ0v) is 12.9. The van der Waals surface area contributed by atoms with Gasteiger partial charge in [-0.25, -0.2) is 17.9 Å². The molecule has 0 aromatic carbocycles. The SMILES string of the molecule is COC1CCC(NS(=O)(=O)c2cc(C)c(C(=O)O)s2)C1. The van der Waals surface area contributed by atoms with Gasteiger partial charge in [0.1, 0.15) is 9.09 Å². The van der Waals surface area contributed by atoms with E-state index < -0.39 is 16.0 Å².